The zero-order valence-electron chi connectivity index (χ0n) is 33.0. The number of esters is 1. The Hall–Kier alpha value is -3.04. The average Bonchev–Trinajstić information content (AvgIpc) is 3.38. The lowest BCUT2D eigenvalue weighted by atomic mass is 9.53. The number of urea groups is 1. The number of rotatable bonds is 16. The van der Waals surface area contributed by atoms with Gasteiger partial charge in [0, 0.05) is 37.3 Å². The number of hydrogen-bond donors (Lipinski definition) is 2. The van der Waals surface area contributed by atoms with Crippen LogP contribution in [0.25, 0.3) is 0 Å². The van der Waals surface area contributed by atoms with Gasteiger partial charge in [0.05, 0.1) is 6.04 Å². The first-order chi connectivity index (χ1) is 25.0. The van der Waals surface area contributed by atoms with E-state index in [0.29, 0.717) is 37.1 Å². The number of carbonyl (C=O) groups excluding carboxylic acids is 6. The quantitative estimate of drug-likeness (QED) is 0.100. The first-order valence-electron chi connectivity index (χ1n) is 20.8. The van der Waals surface area contributed by atoms with Crippen LogP contribution in [0.15, 0.2) is 12.7 Å². The molecule has 2 N–H and O–H groups in total. The number of hydrogen-bond acceptors (Lipinski definition) is 7. The zero-order valence-corrected chi connectivity index (χ0v) is 33.0. The topological polar surface area (TPSA) is 139 Å². The van der Waals surface area contributed by atoms with Crippen molar-refractivity contribution in [1.29, 1.82) is 0 Å². The molecule has 7 rings (SSSR count). The van der Waals surface area contributed by atoms with Crippen LogP contribution in [-0.2, 0) is 28.7 Å². The number of allylic oxidation sites excluding steroid dienone is 1. The Labute approximate surface area is 316 Å². The van der Waals surface area contributed by atoms with Crippen molar-refractivity contribution >= 4 is 35.3 Å². The van der Waals surface area contributed by atoms with E-state index in [4.69, 9.17) is 4.74 Å². The van der Waals surface area contributed by atoms with Gasteiger partial charge in [-0.25, -0.2) is 4.79 Å². The molecule has 0 spiro atoms. The molecular formula is C43H65N3O7. The predicted molar refractivity (Wildman–Crippen MR) is 201 cm³/mol. The Morgan fingerprint density at radius 1 is 0.925 bits per heavy atom. The van der Waals surface area contributed by atoms with E-state index in [-0.39, 0.29) is 72.1 Å². The predicted octanol–water partition coefficient (Wildman–Crippen LogP) is 6.88. The third kappa shape index (κ3) is 8.93. The maximum Gasteiger partial charge on any atom is 0.315 e. The van der Waals surface area contributed by atoms with Gasteiger partial charge in [-0.1, -0.05) is 39.2 Å². The number of amides is 3. The van der Waals surface area contributed by atoms with Crippen molar-refractivity contribution in [3.8, 4) is 0 Å². The molecule has 1 heterocycles. The molecule has 1 unspecified atom stereocenters. The van der Waals surface area contributed by atoms with Crippen molar-refractivity contribution in [3.05, 3.63) is 12.7 Å². The molecule has 6 aliphatic carbocycles. The fourth-order valence-corrected chi connectivity index (χ4v) is 11.7. The summed E-state index contributed by atoms with van der Waals surface area (Å²) < 4.78 is 5.33. The summed E-state index contributed by atoms with van der Waals surface area (Å²) in [7, 11) is 0. The molecule has 1 saturated heterocycles. The lowest BCUT2D eigenvalue weighted by Gasteiger charge is -2.56. The molecule has 0 aromatic rings. The van der Waals surface area contributed by atoms with Gasteiger partial charge in [-0.3, -0.25) is 24.0 Å². The molecule has 7 aliphatic rings. The van der Waals surface area contributed by atoms with Gasteiger partial charge in [-0.15, -0.1) is 6.58 Å². The first kappa shape index (κ1) is 39.6. The molecule has 1 aliphatic heterocycles. The fraction of sp³-hybridized carbons (Fsp3) is 0.814. The Kier molecular flexibility index (Phi) is 11.7. The molecule has 294 valence electrons. The van der Waals surface area contributed by atoms with Gasteiger partial charge in [0.15, 0.2) is 11.6 Å². The van der Waals surface area contributed by atoms with Gasteiger partial charge in [-0.2, -0.15) is 0 Å². The Morgan fingerprint density at radius 3 is 2.13 bits per heavy atom. The molecule has 6 saturated carbocycles. The van der Waals surface area contributed by atoms with E-state index < -0.39 is 41.1 Å². The third-order valence-corrected chi connectivity index (χ3v) is 13.9. The van der Waals surface area contributed by atoms with Crippen LogP contribution in [0.4, 0.5) is 4.79 Å². The number of carbonyl (C=O) groups is 6. The van der Waals surface area contributed by atoms with E-state index >= 15 is 0 Å². The number of likely N-dealkylation sites (tertiary alicyclic amines) is 1. The standard InChI is InChI=1S/C43H65N3O7/c1-7-8-13-30(38(50)32(47)16-12-17-34(49)53-41(2,3)4)21-33(48)37-35-31(42(35,5)6)25-46(37)39(51)36(29-14-10-9-11-15-29)44-40(52)45-43-22-26-18-27(23-43)20-28(19-26)24-43/h7,26-31,35-37H,1,8-25H2,2-6H3,(H2,44,45,52)/t26?,27?,28?,30?,31-,35-,36-,37+,43?/m0/s1. The molecule has 7 fully saturated rings. The largest absolute Gasteiger partial charge is 0.460 e. The third-order valence-electron chi connectivity index (χ3n) is 13.9. The highest BCUT2D eigenvalue weighted by atomic mass is 16.6. The monoisotopic (exact) mass is 735 g/mol. The summed E-state index contributed by atoms with van der Waals surface area (Å²) in [4.78, 5) is 83.6. The smallest absolute Gasteiger partial charge is 0.315 e. The van der Waals surface area contributed by atoms with Crippen molar-refractivity contribution in [3.63, 3.8) is 0 Å². The van der Waals surface area contributed by atoms with Gasteiger partial charge < -0.3 is 20.3 Å². The van der Waals surface area contributed by atoms with E-state index in [0.717, 1.165) is 51.4 Å². The van der Waals surface area contributed by atoms with Crippen molar-refractivity contribution in [2.24, 2.45) is 46.8 Å². The highest BCUT2D eigenvalue weighted by molar-refractivity contribution is 6.38. The van der Waals surface area contributed by atoms with Gasteiger partial charge in [-0.05, 0) is 132 Å². The molecule has 10 heteroatoms. The van der Waals surface area contributed by atoms with Crippen molar-refractivity contribution in [2.45, 2.75) is 167 Å². The number of fused-ring (bicyclic) bond motifs is 1. The van der Waals surface area contributed by atoms with Gasteiger partial charge in [0.2, 0.25) is 11.7 Å². The number of nitrogens with zero attached hydrogens (tertiary/aromatic N) is 1. The molecule has 10 nitrogen and oxygen atoms in total. The van der Waals surface area contributed by atoms with E-state index in [1.165, 1.54) is 19.3 Å². The molecular weight excluding hydrogens is 670 g/mol. The van der Waals surface area contributed by atoms with E-state index in [1.807, 2.05) is 0 Å². The van der Waals surface area contributed by atoms with E-state index in [2.05, 4.69) is 31.1 Å². The minimum atomic E-state index is -0.828. The Bertz CT molecular complexity index is 1420. The van der Waals surface area contributed by atoms with Gasteiger partial charge >= 0.3 is 12.0 Å². The second kappa shape index (κ2) is 15.6. The van der Waals surface area contributed by atoms with Crippen LogP contribution in [0.1, 0.15) is 144 Å². The second-order valence-electron chi connectivity index (χ2n) is 19.5. The van der Waals surface area contributed by atoms with Crippen LogP contribution in [0, 0.1) is 46.8 Å². The van der Waals surface area contributed by atoms with Crippen molar-refractivity contribution in [2.75, 3.05) is 6.54 Å². The summed E-state index contributed by atoms with van der Waals surface area (Å²) in [5.41, 5.74) is -0.944. The van der Waals surface area contributed by atoms with E-state index in [9.17, 15) is 28.8 Å². The van der Waals surface area contributed by atoms with Crippen LogP contribution in [0.2, 0.25) is 0 Å². The van der Waals surface area contributed by atoms with Crippen LogP contribution < -0.4 is 10.6 Å². The lowest BCUT2D eigenvalue weighted by Crippen LogP contribution is -2.64. The normalized spacial score (nSPS) is 32.3. The summed E-state index contributed by atoms with van der Waals surface area (Å²) in [6, 6.07) is -1.68. The van der Waals surface area contributed by atoms with Crippen LogP contribution in [0.5, 0.6) is 0 Å². The number of nitrogens with one attached hydrogen (secondary N) is 2. The van der Waals surface area contributed by atoms with Crippen LogP contribution in [-0.4, -0.2) is 69.9 Å². The maximum atomic E-state index is 14.8. The fourth-order valence-electron chi connectivity index (χ4n) is 11.7. The Morgan fingerprint density at radius 2 is 1.55 bits per heavy atom. The molecule has 0 aromatic carbocycles. The van der Waals surface area contributed by atoms with Crippen LogP contribution >= 0.6 is 0 Å². The highest BCUT2D eigenvalue weighted by Gasteiger charge is 2.69. The maximum absolute atomic E-state index is 14.8. The molecule has 4 bridgehead atoms. The number of piperidine rings is 1. The molecule has 53 heavy (non-hydrogen) atoms. The summed E-state index contributed by atoms with van der Waals surface area (Å²) >= 11 is 0. The number of Topliss-reactive ketones (excluding diaryl/α,β-unsaturated/α-hetero) is 3. The van der Waals surface area contributed by atoms with Crippen molar-refractivity contribution in [1.82, 2.24) is 15.5 Å². The minimum Gasteiger partial charge on any atom is -0.460 e. The molecule has 0 aromatic heterocycles. The zero-order chi connectivity index (χ0) is 38.3. The molecule has 0 radical (unpaired) electrons. The Balaban J connectivity index is 1.14. The number of ketones is 3. The second-order valence-corrected chi connectivity index (χ2v) is 19.5. The summed E-state index contributed by atoms with van der Waals surface area (Å²) in [5, 5.41) is 6.61. The summed E-state index contributed by atoms with van der Waals surface area (Å²) in [6.45, 7) is 13.8. The van der Waals surface area contributed by atoms with Gasteiger partial charge in [0.1, 0.15) is 11.6 Å². The molecule has 3 amide bonds. The molecule has 5 atom stereocenters. The minimum absolute atomic E-state index is 0.000675. The summed E-state index contributed by atoms with van der Waals surface area (Å²) in [6.07, 6.45) is 14.2. The van der Waals surface area contributed by atoms with Crippen molar-refractivity contribution < 1.29 is 33.5 Å². The number of ether oxygens (including phenoxy) is 1. The first-order valence-corrected chi connectivity index (χ1v) is 20.8. The summed E-state index contributed by atoms with van der Waals surface area (Å²) in [5.74, 6) is -0.667. The highest BCUT2D eigenvalue weighted by Crippen LogP contribution is 2.65. The van der Waals surface area contributed by atoms with E-state index in [1.54, 1.807) is 31.7 Å². The average molecular weight is 736 g/mol. The SMILES string of the molecule is C=CCCC(CC(=O)[C@@H]1[C@@H]2[C@H](CN1C(=O)[C@@H](NC(=O)NC13CC4CC(CC(C4)C1)C3)C1CCCCC1)C2(C)C)C(=O)C(=O)CCCC(=O)OC(C)(C)C. The van der Waals surface area contributed by atoms with Crippen LogP contribution in [0.3, 0.4) is 0 Å². The lowest BCUT2D eigenvalue weighted by molar-refractivity contribution is -0.155. The van der Waals surface area contributed by atoms with Gasteiger partial charge in [0.25, 0.3) is 0 Å².